The van der Waals surface area contributed by atoms with E-state index in [-0.39, 0.29) is 17.2 Å². The largest absolute Gasteiger partial charge is 0.365 e. The van der Waals surface area contributed by atoms with E-state index in [1.165, 1.54) is 6.08 Å². The summed E-state index contributed by atoms with van der Waals surface area (Å²) >= 11 is 12.1. The third kappa shape index (κ3) is 2.89. The summed E-state index contributed by atoms with van der Waals surface area (Å²) in [5, 5.41) is 4.71. The number of likely N-dealkylation sites (tertiary alicyclic amines) is 1. The fourth-order valence-electron chi connectivity index (χ4n) is 2.69. The van der Waals surface area contributed by atoms with Crippen LogP contribution in [0.3, 0.4) is 0 Å². The lowest BCUT2D eigenvalue weighted by molar-refractivity contribution is -0.127. The second-order valence-electron chi connectivity index (χ2n) is 5.17. The molecule has 1 aliphatic heterocycles. The van der Waals surface area contributed by atoms with Crippen molar-refractivity contribution in [3.05, 3.63) is 29.2 Å². The van der Waals surface area contributed by atoms with Gasteiger partial charge in [0.15, 0.2) is 0 Å². The van der Waals surface area contributed by atoms with Crippen molar-refractivity contribution in [1.29, 1.82) is 0 Å². The average molecular weight is 340 g/mol. The molecule has 1 amide bonds. The van der Waals surface area contributed by atoms with E-state index in [4.69, 9.17) is 23.2 Å². The number of rotatable bonds is 3. The lowest BCUT2D eigenvalue weighted by Gasteiger charge is -2.32. The highest BCUT2D eigenvalue weighted by molar-refractivity contribution is 6.36. The molecule has 1 unspecified atom stereocenters. The molecular weight excluding hydrogens is 325 g/mol. The van der Waals surface area contributed by atoms with Crippen molar-refractivity contribution >= 4 is 46.0 Å². The zero-order valence-corrected chi connectivity index (χ0v) is 13.3. The van der Waals surface area contributed by atoms with Gasteiger partial charge in [0.25, 0.3) is 0 Å². The molecule has 22 heavy (non-hydrogen) atoms. The topological polar surface area (TPSA) is 73.9 Å². The number of hydrogen-bond donors (Lipinski definition) is 2. The standard InChI is InChI=1S/C14H15Cl2N5O/c1-2-10(22)21-5-3-4-8(7-21)18-13-11-9(15)6-17-12(11)19-14(16)20-13/h2,6,8H,1,3-5,7H2,(H2,17,18,19,20). The smallest absolute Gasteiger partial charge is 0.246 e. The van der Waals surface area contributed by atoms with Gasteiger partial charge in [0.05, 0.1) is 10.4 Å². The summed E-state index contributed by atoms with van der Waals surface area (Å²) in [4.78, 5) is 24.8. The number of amides is 1. The van der Waals surface area contributed by atoms with Crippen molar-refractivity contribution in [2.45, 2.75) is 18.9 Å². The van der Waals surface area contributed by atoms with Crippen molar-refractivity contribution in [1.82, 2.24) is 19.9 Å². The Morgan fingerprint density at radius 2 is 2.32 bits per heavy atom. The number of H-pyrrole nitrogens is 1. The number of nitrogens with one attached hydrogen (secondary N) is 2. The first-order valence-electron chi connectivity index (χ1n) is 6.96. The van der Waals surface area contributed by atoms with Crippen molar-refractivity contribution in [2.75, 3.05) is 18.4 Å². The van der Waals surface area contributed by atoms with Crippen LogP contribution >= 0.6 is 23.2 Å². The first kappa shape index (κ1) is 15.1. The number of carbonyl (C=O) groups excluding carboxylic acids is 1. The Bertz CT molecular complexity index is 729. The molecule has 0 aromatic carbocycles. The van der Waals surface area contributed by atoms with Gasteiger partial charge in [0, 0.05) is 25.3 Å². The molecule has 2 aromatic heterocycles. The van der Waals surface area contributed by atoms with Gasteiger partial charge in [-0.1, -0.05) is 18.2 Å². The van der Waals surface area contributed by atoms with Crippen LogP contribution in [0.15, 0.2) is 18.9 Å². The minimum absolute atomic E-state index is 0.0583. The predicted molar refractivity (Wildman–Crippen MR) is 87.3 cm³/mol. The molecule has 0 saturated carbocycles. The third-order valence-corrected chi connectivity index (χ3v) is 4.17. The van der Waals surface area contributed by atoms with Crippen LogP contribution in [0.4, 0.5) is 5.82 Å². The molecule has 6 nitrogen and oxygen atoms in total. The average Bonchev–Trinajstić information content (AvgIpc) is 2.88. The highest BCUT2D eigenvalue weighted by Crippen LogP contribution is 2.30. The van der Waals surface area contributed by atoms with Gasteiger partial charge >= 0.3 is 0 Å². The molecule has 1 saturated heterocycles. The molecule has 116 valence electrons. The second-order valence-corrected chi connectivity index (χ2v) is 5.92. The molecule has 2 aromatic rings. The Morgan fingerprint density at radius 3 is 3.09 bits per heavy atom. The quantitative estimate of drug-likeness (QED) is 0.666. The second kappa shape index (κ2) is 6.14. The van der Waals surface area contributed by atoms with Gasteiger partial charge in [-0.25, -0.2) is 0 Å². The van der Waals surface area contributed by atoms with Gasteiger partial charge in [-0.3, -0.25) is 4.79 Å². The number of nitrogens with zero attached hydrogens (tertiary/aromatic N) is 3. The van der Waals surface area contributed by atoms with Crippen LogP contribution in [0.5, 0.6) is 0 Å². The van der Waals surface area contributed by atoms with Crippen LogP contribution < -0.4 is 5.32 Å². The molecule has 0 bridgehead atoms. The summed E-state index contributed by atoms with van der Waals surface area (Å²) in [5.74, 6) is 0.524. The zero-order valence-electron chi connectivity index (χ0n) is 11.8. The first-order valence-corrected chi connectivity index (χ1v) is 7.72. The Morgan fingerprint density at radius 1 is 1.50 bits per heavy atom. The number of carbonyl (C=O) groups is 1. The Kier molecular flexibility index (Phi) is 4.22. The van der Waals surface area contributed by atoms with E-state index in [1.807, 2.05) is 0 Å². The summed E-state index contributed by atoms with van der Waals surface area (Å²) in [7, 11) is 0. The number of anilines is 1. The summed E-state index contributed by atoms with van der Waals surface area (Å²) in [6, 6.07) is 0.0813. The number of aromatic amines is 1. The van der Waals surface area contributed by atoms with Crippen LogP contribution in [0, 0.1) is 0 Å². The summed E-state index contributed by atoms with van der Waals surface area (Å²) in [5.41, 5.74) is 0.585. The van der Waals surface area contributed by atoms with E-state index in [1.54, 1.807) is 11.1 Å². The molecule has 0 aliphatic carbocycles. The molecule has 8 heteroatoms. The molecule has 0 spiro atoms. The normalized spacial score (nSPS) is 18.5. The van der Waals surface area contributed by atoms with Crippen molar-refractivity contribution in [3.8, 4) is 0 Å². The minimum atomic E-state index is -0.0583. The van der Waals surface area contributed by atoms with E-state index in [0.717, 1.165) is 19.4 Å². The highest BCUT2D eigenvalue weighted by Gasteiger charge is 2.23. The van der Waals surface area contributed by atoms with Gasteiger partial charge in [-0.05, 0) is 30.5 Å². The molecular formula is C14H15Cl2N5O. The van der Waals surface area contributed by atoms with E-state index >= 15 is 0 Å². The third-order valence-electron chi connectivity index (χ3n) is 3.70. The molecule has 2 N–H and O–H groups in total. The lowest BCUT2D eigenvalue weighted by Crippen LogP contribution is -2.44. The van der Waals surface area contributed by atoms with Gasteiger partial charge in [-0.2, -0.15) is 9.97 Å². The molecule has 1 atom stereocenters. The fourth-order valence-corrected chi connectivity index (χ4v) is 3.09. The molecule has 1 aliphatic rings. The van der Waals surface area contributed by atoms with Crippen molar-refractivity contribution in [2.24, 2.45) is 0 Å². The summed E-state index contributed by atoms with van der Waals surface area (Å²) < 4.78 is 0. The highest BCUT2D eigenvalue weighted by atomic mass is 35.5. The molecule has 1 fully saturated rings. The van der Waals surface area contributed by atoms with Crippen LogP contribution in [0.1, 0.15) is 12.8 Å². The number of aromatic nitrogens is 3. The Labute approximate surface area is 137 Å². The minimum Gasteiger partial charge on any atom is -0.365 e. The fraction of sp³-hybridized carbons (Fsp3) is 0.357. The molecule has 3 rings (SSSR count). The SMILES string of the molecule is C=CC(=O)N1CCCC(Nc2nc(Cl)nc3[nH]cc(Cl)c23)C1. The maximum Gasteiger partial charge on any atom is 0.246 e. The van der Waals surface area contributed by atoms with E-state index < -0.39 is 0 Å². The maximum absolute atomic E-state index is 11.8. The van der Waals surface area contributed by atoms with Gasteiger partial charge in [0.1, 0.15) is 11.5 Å². The first-order chi connectivity index (χ1) is 10.6. The monoisotopic (exact) mass is 339 g/mol. The van der Waals surface area contributed by atoms with Gasteiger partial charge in [-0.15, -0.1) is 0 Å². The molecule has 0 radical (unpaired) electrons. The predicted octanol–water partition coefficient (Wildman–Crippen LogP) is 2.85. The van der Waals surface area contributed by atoms with Crippen molar-refractivity contribution < 1.29 is 4.79 Å². The summed E-state index contributed by atoms with van der Waals surface area (Å²) in [6.45, 7) is 4.87. The van der Waals surface area contributed by atoms with Gasteiger partial charge < -0.3 is 15.2 Å². The van der Waals surface area contributed by atoms with Crippen LogP contribution in [0.2, 0.25) is 10.3 Å². The maximum atomic E-state index is 11.8. The Hall–Kier alpha value is -1.79. The van der Waals surface area contributed by atoms with Crippen LogP contribution in [-0.4, -0.2) is 44.9 Å². The Balaban J connectivity index is 1.85. The zero-order chi connectivity index (χ0) is 15.7. The number of hydrogen-bond acceptors (Lipinski definition) is 4. The van der Waals surface area contributed by atoms with Gasteiger partial charge in [0.2, 0.25) is 11.2 Å². The van der Waals surface area contributed by atoms with E-state index in [9.17, 15) is 4.79 Å². The molecule has 3 heterocycles. The van der Waals surface area contributed by atoms with Crippen LogP contribution in [0.25, 0.3) is 11.0 Å². The van der Waals surface area contributed by atoms with E-state index in [2.05, 4.69) is 26.8 Å². The number of fused-ring (bicyclic) bond motifs is 1. The number of piperidine rings is 1. The lowest BCUT2D eigenvalue weighted by atomic mass is 10.1. The van der Waals surface area contributed by atoms with Crippen LogP contribution in [-0.2, 0) is 4.79 Å². The van der Waals surface area contributed by atoms with E-state index in [0.29, 0.717) is 28.4 Å². The number of halogens is 2. The van der Waals surface area contributed by atoms with Crippen molar-refractivity contribution in [3.63, 3.8) is 0 Å². The summed E-state index contributed by atoms with van der Waals surface area (Å²) in [6.07, 6.45) is 4.84.